The first-order valence-electron chi connectivity index (χ1n) is 2.34. The van der Waals surface area contributed by atoms with Crippen LogP contribution in [-0.2, 0) is 10.8 Å². The molecule has 0 N–H and O–H groups in total. The van der Waals surface area contributed by atoms with Gasteiger partial charge in [0.15, 0.2) is 0 Å². The molecule has 1 rings (SSSR count). The standard InChI is InChI=1S/C4H7NO2S/c1-8(7)4(6)5-2-3-5/h2-3H2,1H3. The summed E-state index contributed by atoms with van der Waals surface area (Å²) in [6.45, 7) is 1.58. The van der Waals surface area contributed by atoms with Gasteiger partial charge in [-0.05, 0) is 0 Å². The third-order valence-electron chi connectivity index (χ3n) is 0.951. The van der Waals surface area contributed by atoms with E-state index in [-0.39, 0.29) is 5.24 Å². The summed E-state index contributed by atoms with van der Waals surface area (Å²) in [6, 6.07) is 0. The highest BCUT2D eigenvalue weighted by atomic mass is 32.2. The first-order chi connectivity index (χ1) is 3.72. The highest BCUT2D eigenvalue weighted by molar-refractivity contribution is 7.99. The van der Waals surface area contributed by atoms with Gasteiger partial charge < -0.3 is 4.90 Å². The van der Waals surface area contributed by atoms with Gasteiger partial charge in [-0.15, -0.1) is 0 Å². The lowest BCUT2D eigenvalue weighted by molar-refractivity contribution is 0.250. The van der Waals surface area contributed by atoms with Crippen LogP contribution in [0.2, 0.25) is 0 Å². The molecule has 3 nitrogen and oxygen atoms in total. The van der Waals surface area contributed by atoms with Crippen molar-refractivity contribution in [2.24, 2.45) is 0 Å². The largest absolute Gasteiger partial charge is 0.328 e. The van der Waals surface area contributed by atoms with E-state index < -0.39 is 10.8 Å². The topological polar surface area (TPSA) is 37.1 Å². The minimum Gasteiger partial charge on any atom is -0.328 e. The van der Waals surface area contributed by atoms with E-state index in [1.807, 2.05) is 0 Å². The van der Waals surface area contributed by atoms with Crippen molar-refractivity contribution < 1.29 is 9.00 Å². The summed E-state index contributed by atoms with van der Waals surface area (Å²) >= 11 is 0. The van der Waals surface area contributed by atoms with E-state index in [9.17, 15) is 9.00 Å². The van der Waals surface area contributed by atoms with Gasteiger partial charge in [-0.3, -0.25) is 4.79 Å². The maximum atomic E-state index is 10.5. The fraction of sp³-hybridized carbons (Fsp3) is 0.750. The molecule has 0 aromatic heterocycles. The molecule has 1 saturated heterocycles. The van der Waals surface area contributed by atoms with E-state index in [1.54, 1.807) is 4.90 Å². The molecule has 1 amide bonds. The van der Waals surface area contributed by atoms with E-state index in [2.05, 4.69) is 0 Å². The van der Waals surface area contributed by atoms with Crippen molar-refractivity contribution in [1.82, 2.24) is 4.90 Å². The zero-order chi connectivity index (χ0) is 6.15. The Morgan fingerprint density at radius 1 is 1.62 bits per heavy atom. The average Bonchev–Trinajstić information content (AvgIpc) is 2.43. The van der Waals surface area contributed by atoms with Gasteiger partial charge in [0.05, 0.1) is 0 Å². The van der Waals surface area contributed by atoms with Crippen LogP contribution in [0.1, 0.15) is 0 Å². The average molecular weight is 133 g/mol. The van der Waals surface area contributed by atoms with Gasteiger partial charge in [-0.1, -0.05) is 0 Å². The number of hydrogen-bond donors (Lipinski definition) is 0. The highest BCUT2D eigenvalue weighted by Gasteiger charge is 2.26. The number of rotatable bonds is 0. The number of nitrogens with zero attached hydrogens (tertiary/aromatic N) is 1. The molecule has 0 spiro atoms. The molecule has 1 aliphatic heterocycles. The molecule has 0 aliphatic carbocycles. The molecule has 1 heterocycles. The van der Waals surface area contributed by atoms with E-state index in [0.29, 0.717) is 0 Å². The molecular weight excluding hydrogens is 126 g/mol. The van der Waals surface area contributed by atoms with Crippen molar-refractivity contribution >= 4 is 16.0 Å². The SMILES string of the molecule is CS(=O)C(=O)N1CC1. The van der Waals surface area contributed by atoms with Crippen LogP contribution < -0.4 is 0 Å². The van der Waals surface area contributed by atoms with E-state index >= 15 is 0 Å². The quantitative estimate of drug-likeness (QED) is 0.429. The molecule has 8 heavy (non-hydrogen) atoms. The number of carbonyl (C=O) groups is 1. The maximum absolute atomic E-state index is 10.5. The summed E-state index contributed by atoms with van der Waals surface area (Å²) in [7, 11) is -1.29. The second-order valence-electron chi connectivity index (χ2n) is 1.71. The number of amides is 1. The fourth-order valence-electron chi connectivity index (χ4n) is 0.414. The van der Waals surface area contributed by atoms with Crippen molar-refractivity contribution in [3.05, 3.63) is 0 Å². The second kappa shape index (κ2) is 1.85. The number of carbonyl (C=O) groups excluding carboxylic acids is 1. The Balaban J connectivity index is 2.45. The van der Waals surface area contributed by atoms with Gasteiger partial charge in [-0.2, -0.15) is 0 Å². The zero-order valence-electron chi connectivity index (χ0n) is 4.59. The van der Waals surface area contributed by atoms with Crippen molar-refractivity contribution in [2.75, 3.05) is 19.3 Å². The predicted octanol–water partition coefficient (Wildman–Crippen LogP) is -0.200. The van der Waals surface area contributed by atoms with Crippen LogP contribution >= 0.6 is 0 Å². The highest BCUT2D eigenvalue weighted by Crippen LogP contribution is 2.05. The third kappa shape index (κ3) is 1.06. The van der Waals surface area contributed by atoms with Gasteiger partial charge in [0.1, 0.15) is 10.8 Å². The van der Waals surface area contributed by atoms with Gasteiger partial charge in [0.25, 0.3) is 0 Å². The molecule has 0 aromatic carbocycles. The van der Waals surface area contributed by atoms with Gasteiger partial charge in [0, 0.05) is 19.3 Å². The first kappa shape index (κ1) is 5.75. The fourth-order valence-corrected chi connectivity index (χ4v) is 0.961. The Morgan fingerprint density at radius 3 is 2.25 bits per heavy atom. The molecule has 1 unspecified atom stereocenters. The molecule has 46 valence electrons. The molecule has 0 saturated carbocycles. The Morgan fingerprint density at radius 2 is 2.12 bits per heavy atom. The summed E-state index contributed by atoms with van der Waals surface area (Å²) in [5, 5.41) is -0.231. The van der Waals surface area contributed by atoms with Crippen molar-refractivity contribution in [1.29, 1.82) is 0 Å². The van der Waals surface area contributed by atoms with Crippen LogP contribution in [0.15, 0.2) is 0 Å². The summed E-state index contributed by atoms with van der Waals surface area (Å²) in [5.74, 6) is 0. The predicted molar refractivity (Wildman–Crippen MR) is 31.0 cm³/mol. The van der Waals surface area contributed by atoms with E-state index in [1.165, 1.54) is 6.26 Å². The molecular formula is C4H7NO2S. The Kier molecular flexibility index (Phi) is 1.33. The first-order valence-corrected chi connectivity index (χ1v) is 3.90. The van der Waals surface area contributed by atoms with E-state index in [0.717, 1.165) is 13.1 Å². The molecule has 0 aromatic rings. The molecule has 1 aliphatic rings. The minimum atomic E-state index is -1.29. The second-order valence-corrected chi connectivity index (χ2v) is 2.96. The Labute approximate surface area is 50.1 Å². The molecule has 0 bridgehead atoms. The van der Waals surface area contributed by atoms with Gasteiger partial charge in [0.2, 0.25) is 0 Å². The van der Waals surface area contributed by atoms with Crippen molar-refractivity contribution in [3.8, 4) is 0 Å². The Hall–Kier alpha value is -0.380. The molecule has 0 radical (unpaired) electrons. The maximum Gasteiger partial charge on any atom is 0.311 e. The third-order valence-corrected chi connectivity index (χ3v) is 1.70. The summed E-state index contributed by atoms with van der Waals surface area (Å²) in [6.07, 6.45) is 1.40. The lowest BCUT2D eigenvalue weighted by atomic mass is 11.0. The molecule has 1 atom stereocenters. The van der Waals surface area contributed by atoms with E-state index in [4.69, 9.17) is 0 Å². The van der Waals surface area contributed by atoms with Gasteiger partial charge >= 0.3 is 5.24 Å². The zero-order valence-corrected chi connectivity index (χ0v) is 5.40. The number of hydrogen-bond acceptors (Lipinski definition) is 2. The lowest BCUT2D eigenvalue weighted by Crippen LogP contribution is -2.12. The molecule has 1 fully saturated rings. The smallest absolute Gasteiger partial charge is 0.311 e. The van der Waals surface area contributed by atoms with Gasteiger partial charge in [-0.25, -0.2) is 4.21 Å². The summed E-state index contributed by atoms with van der Waals surface area (Å²) in [5.41, 5.74) is 0. The summed E-state index contributed by atoms with van der Waals surface area (Å²) in [4.78, 5) is 12.1. The van der Waals surface area contributed by atoms with Crippen LogP contribution in [0.5, 0.6) is 0 Å². The van der Waals surface area contributed by atoms with Crippen LogP contribution in [0, 0.1) is 0 Å². The minimum absolute atomic E-state index is 0.231. The van der Waals surface area contributed by atoms with Crippen LogP contribution in [0.3, 0.4) is 0 Å². The van der Waals surface area contributed by atoms with Crippen LogP contribution in [-0.4, -0.2) is 33.7 Å². The monoisotopic (exact) mass is 133 g/mol. The summed E-state index contributed by atoms with van der Waals surface area (Å²) < 4.78 is 10.3. The van der Waals surface area contributed by atoms with Crippen molar-refractivity contribution in [2.45, 2.75) is 0 Å². The van der Waals surface area contributed by atoms with Crippen LogP contribution in [0.25, 0.3) is 0 Å². The lowest BCUT2D eigenvalue weighted by Gasteiger charge is -1.92. The van der Waals surface area contributed by atoms with Crippen molar-refractivity contribution in [3.63, 3.8) is 0 Å². The Bertz CT molecular complexity index is 141. The molecule has 4 heteroatoms. The normalized spacial score (nSPS) is 20.4. The van der Waals surface area contributed by atoms with Crippen LogP contribution in [0.4, 0.5) is 4.79 Å².